The summed E-state index contributed by atoms with van der Waals surface area (Å²) in [5.41, 5.74) is -1.96. The largest absolute Gasteiger partial charge is 0.413 e. The zero-order valence-electron chi connectivity index (χ0n) is 18.0. The van der Waals surface area contributed by atoms with E-state index in [0.29, 0.717) is 43.6 Å². The van der Waals surface area contributed by atoms with Crippen LogP contribution < -0.4 is 15.4 Å². The molecule has 1 aromatic rings. The Balaban J connectivity index is 2.00. The number of rotatable bonds is 6. The molecule has 0 spiro atoms. The first kappa shape index (κ1) is 23.7. The zero-order valence-corrected chi connectivity index (χ0v) is 18.8. The van der Waals surface area contributed by atoms with Gasteiger partial charge in [-0.1, -0.05) is 30.7 Å². The lowest BCUT2D eigenvalue weighted by Gasteiger charge is -2.37. The maximum atomic E-state index is 14.2. The van der Waals surface area contributed by atoms with Crippen LogP contribution in [0.3, 0.4) is 0 Å². The first-order chi connectivity index (χ1) is 14.6. The zero-order chi connectivity index (χ0) is 22.8. The van der Waals surface area contributed by atoms with Crippen molar-refractivity contribution in [3.05, 3.63) is 39.2 Å². The van der Waals surface area contributed by atoms with Crippen LogP contribution in [0, 0.1) is 0 Å². The quantitative estimate of drug-likeness (QED) is 0.598. The molecule has 0 N–H and O–H groups in total. The fourth-order valence-electron chi connectivity index (χ4n) is 3.86. The number of aromatic nitrogens is 2. The SMILES string of the molecule is CCC=CC(CCN1c2nc(N3CCOCC3)cc(=O)n2CC1(C)C(F)(F)F)=C(C)Cl. The summed E-state index contributed by atoms with van der Waals surface area (Å²) in [7, 11) is 0. The fraction of sp³-hybridized carbons (Fsp3) is 0.619. The Bertz CT molecular complexity index is 918. The van der Waals surface area contributed by atoms with Gasteiger partial charge in [0.15, 0.2) is 5.54 Å². The van der Waals surface area contributed by atoms with Crippen molar-refractivity contribution in [2.24, 2.45) is 0 Å². The highest BCUT2D eigenvalue weighted by Crippen LogP contribution is 2.43. The van der Waals surface area contributed by atoms with Gasteiger partial charge < -0.3 is 14.5 Å². The average Bonchev–Trinajstić information content (AvgIpc) is 3.02. The Kier molecular flexibility index (Phi) is 7.05. The van der Waals surface area contributed by atoms with Gasteiger partial charge in [-0.3, -0.25) is 9.36 Å². The predicted molar refractivity (Wildman–Crippen MR) is 116 cm³/mol. The van der Waals surface area contributed by atoms with Crippen LogP contribution in [0.25, 0.3) is 0 Å². The number of hydrogen-bond donors (Lipinski definition) is 0. The maximum absolute atomic E-state index is 14.2. The number of halogens is 4. The standard InChI is InChI=1S/C21H28ClF3N4O2/c1-4-5-6-16(15(2)22)7-8-29-19-26-17(27-9-11-31-12-10-27)13-18(30)28(19)14-20(29,3)21(23,24)25/h5-6,13H,4,7-12,14H2,1-3H3. The van der Waals surface area contributed by atoms with E-state index < -0.39 is 23.8 Å². The minimum atomic E-state index is -4.55. The fourth-order valence-corrected chi connectivity index (χ4v) is 4.01. The highest BCUT2D eigenvalue weighted by atomic mass is 35.5. The normalized spacial score (nSPS) is 22.8. The van der Waals surface area contributed by atoms with Gasteiger partial charge in [0, 0.05) is 30.7 Å². The number of ether oxygens (including phenoxy) is 1. The monoisotopic (exact) mass is 460 g/mol. The highest BCUT2D eigenvalue weighted by Gasteiger charge is 2.59. The molecule has 0 radical (unpaired) electrons. The molecule has 2 aliphatic heterocycles. The van der Waals surface area contributed by atoms with Crippen LogP contribution in [0.2, 0.25) is 0 Å². The van der Waals surface area contributed by atoms with Crippen molar-refractivity contribution in [1.82, 2.24) is 9.55 Å². The van der Waals surface area contributed by atoms with Crippen LogP contribution >= 0.6 is 11.6 Å². The summed E-state index contributed by atoms with van der Waals surface area (Å²) in [5, 5.41) is 0.532. The smallest absolute Gasteiger partial charge is 0.378 e. The number of allylic oxidation sites excluding steroid dienone is 3. The molecule has 1 unspecified atom stereocenters. The molecule has 0 amide bonds. The third-order valence-electron chi connectivity index (χ3n) is 5.83. The van der Waals surface area contributed by atoms with Crippen molar-refractivity contribution in [2.45, 2.75) is 51.9 Å². The molecule has 0 aromatic carbocycles. The minimum Gasteiger partial charge on any atom is -0.378 e. The molecule has 1 saturated heterocycles. The van der Waals surface area contributed by atoms with Gasteiger partial charge in [0.05, 0.1) is 19.8 Å². The first-order valence-corrected chi connectivity index (χ1v) is 10.8. The Hall–Kier alpha value is -2.00. The summed E-state index contributed by atoms with van der Waals surface area (Å²) in [4.78, 5) is 20.3. The van der Waals surface area contributed by atoms with Crippen molar-refractivity contribution >= 4 is 23.4 Å². The summed E-state index contributed by atoms with van der Waals surface area (Å²) in [6, 6.07) is 1.31. The summed E-state index contributed by atoms with van der Waals surface area (Å²) >= 11 is 6.18. The number of nitrogens with zero attached hydrogens (tertiary/aromatic N) is 4. The van der Waals surface area contributed by atoms with E-state index in [9.17, 15) is 18.0 Å². The number of alkyl halides is 3. The molecule has 3 rings (SSSR count). The van der Waals surface area contributed by atoms with Gasteiger partial charge in [-0.2, -0.15) is 18.2 Å². The molecule has 1 aromatic heterocycles. The van der Waals surface area contributed by atoms with Gasteiger partial charge in [0.25, 0.3) is 5.56 Å². The predicted octanol–water partition coefficient (Wildman–Crippen LogP) is 4.09. The molecule has 1 atom stereocenters. The average molecular weight is 461 g/mol. The molecule has 172 valence electrons. The van der Waals surface area contributed by atoms with Gasteiger partial charge in [-0.25, -0.2) is 0 Å². The molecule has 0 bridgehead atoms. The molecule has 3 heterocycles. The van der Waals surface area contributed by atoms with E-state index in [2.05, 4.69) is 4.98 Å². The van der Waals surface area contributed by atoms with Crippen LogP contribution in [0.15, 0.2) is 33.6 Å². The van der Waals surface area contributed by atoms with E-state index in [1.165, 1.54) is 11.0 Å². The second-order valence-electron chi connectivity index (χ2n) is 7.98. The van der Waals surface area contributed by atoms with Gasteiger partial charge >= 0.3 is 6.18 Å². The Morgan fingerprint density at radius 2 is 2.03 bits per heavy atom. The van der Waals surface area contributed by atoms with Crippen molar-refractivity contribution in [3.8, 4) is 0 Å². The van der Waals surface area contributed by atoms with Gasteiger partial charge in [0.1, 0.15) is 5.82 Å². The van der Waals surface area contributed by atoms with Crippen LogP contribution in [0.4, 0.5) is 24.9 Å². The van der Waals surface area contributed by atoms with Gasteiger partial charge in [-0.05, 0) is 32.3 Å². The molecule has 2 aliphatic rings. The molecule has 10 heteroatoms. The summed E-state index contributed by atoms with van der Waals surface area (Å²) in [5.74, 6) is 0.422. The van der Waals surface area contributed by atoms with E-state index >= 15 is 0 Å². The van der Waals surface area contributed by atoms with E-state index in [0.717, 1.165) is 23.5 Å². The summed E-state index contributed by atoms with van der Waals surface area (Å²) < 4.78 is 49.0. The molecular formula is C21H28ClF3N4O2. The molecule has 1 fully saturated rings. The molecular weight excluding hydrogens is 433 g/mol. The summed E-state index contributed by atoms with van der Waals surface area (Å²) in [6.07, 6.45) is 0.302. The number of fused-ring (bicyclic) bond motifs is 1. The van der Waals surface area contributed by atoms with Crippen molar-refractivity contribution < 1.29 is 17.9 Å². The Morgan fingerprint density at radius 3 is 2.61 bits per heavy atom. The third kappa shape index (κ3) is 4.77. The second kappa shape index (κ2) is 9.24. The highest BCUT2D eigenvalue weighted by molar-refractivity contribution is 6.29. The lowest BCUT2D eigenvalue weighted by atomic mass is 10.00. The minimum absolute atomic E-state index is 0.0302. The van der Waals surface area contributed by atoms with Crippen LogP contribution in [0.5, 0.6) is 0 Å². The van der Waals surface area contributed by atoms with Crippen molar-refractivity contribution in [3.63, 3.8) is 0 Å². The summed E-state index contributed by atoms with van der Waals surface area (Å²) in [6.45, 7) is 6.38. The Labute approximate surface area is 184 Å². The maximum Gasteiger partial charge on any atom is 0.413 e. The first-order valence-electron chi connectivity index (χ1n) is 10.4. The number of morpholine rings is 1. The van der Waals surface area contributed by atoms with Crippen molar-refractivity contribution in [1.29, 1.82) is 0 Å². The van der Waals surface area contributed by atoms with Crippen LogP contribution in [0.1, 0.15) is 33.6 Å². The van der Waals surface area contributed by atoms with E-state index in [1.807, 2.05) is 24.0 Å². The Morgan fingerprint density at radius 1 is 1.35 bits per heavy atom. The number of hydrogen-bond acceptors (Lipinski definition) is 5. The molecule has 0 aliphatic carbocycles. The lowest BCUT2D eigenvalue weighted by molar-refractivity contribution is -0.182. The molecule has 0 saturated carbocycles. The lowest BCUT2D eigenvalue weighted by Crippen LogP contribution is -2.56. The molecule has 31 heavy (non-hydrogen) atoms. The van der Waals surface area contributed by atoms with Crippen molar-refractivity contribution in [2.75, 3.05) is 42.6 Å². The van der Waals surface area contributed by atoms with Gasteiger partial charge in [-0.15, -0.1) is 0 Å². The topological polar surface area (TPSA) is 50.6 Å². The number of anilines is 2. The second-order valence-corrected chi connectivity index (χ2v) is 8.55. The molecule has 6 nitrogen and oxygen atoms in total. The van der Waals surface area contributed by atoms with Crippen LogP contribution in [-0.2, 0) is 11.3 Å². The van der Waals surface area contributed by atoms with E-state index in [4.69, 9.17) is 16.3 Å². The van der Waals surface area contributed by atoms with Gasteiger partial charge in [0.2, 0.25) is 5.95 Å². The van der Waals surface area contributed by atoms with E-state index in [1.54, 1.807) is 6.92 Å². The van der Waals surface area contributed by atoms with E-state index in [-0.39, 0.29) is 12.5 Å². The van der Waals surface area contributed by atoms with Crippen LogP contribution in [-0.4, -0.2) is 54.1 Å². The third-order valence-corrected chi connectivity index (χ3v) is 6.07.